The van der Waals surface area contributed by atoms with E-state index in [2.05, 4.69) is 19.2 Å². The fraction of sp³-hybridized carbons (Fsp3) is 0.909. The molecule has 1 N–H and O–H groups in total. The van der Waals surface area contributed by atoms with Crippen LogP contribution in [0.5, 0.6) is 0 Å². The maximum absolute atomic E-state index is 11.6. The summed E-state index contributed by atoms with van der Waals surface area (Å²) >= 11 is 0. The molecule has 2 heteroatoms. The molecule has 0 aliphatic carbocycles. The lowest BCUT2D eigenvalue weighted by atomic mass is 9.97. The zero-order chi connectivity index (χ0) is 10.6. The highest BCUT2D eigenvalue weighted by atomic mass is 16.2. The number of hydrogen-bond acceptors (Lipinski definition) is 1. The maximum atomic E-state index is 11.6. The number of carbonyl (C=O) groups excluding carboxylic acids is 1. The largest absolute Gasteiger partial charge is 0.351 e. The van der Waals surface area contributed by atoms with Crippen LogP contribution >= 0.6 is 0 Å². The Morgan fingerprint density at radius 2 is 1.69 bits per heavy atom. The van der Waals surface area contributed by atoms with Crippen LogP contribution in [-0.2, 0) is 4.79 Å². The van der Waals surface area contributed by atoms with Gasteiger partial charge < -0.3 is 5.32 Å². The van der Waals surface area contributed by atoms with Gasteiger partial charge in [0, 0.05) is 11.5 Å². The molecular weight excluding hydrogens is 162 g/mol. The molecule has 0 heterocycles. The molecule has 0 radical (unpaired) electrons. The summed E-state index contributed by atoms with van der Waals surface area (Å²) < 4.78 is 0. The lowest BCUT2D eigenvalue weighted by Crippen LogP contribution is -2.43. The maximum Gasteiger partial charge on any atom is 0.223 e. The summed E-state index contributed by atoms with van der Waals surface area (Å²) in [7, 11) is 0. The molecule has 0 aromatic heterocycles. The van der Waals surface area contributed by atoms with Crippen LogP contribution in [0, 0.1) is 11.8 Å². The van der Waals surface area contributed by atoms with E-state index in [-0.39, 0.29) is 17.4 Å². The third-order valence-corrected chi connectivity index (χ3v) is 1.77. The molecule has 0 saturated heterocycles. The van der Waals surface area contributed by atoms with Crippen LogP contribution in [0.15, 0.2) is 0 Å². The van der Waals surface area contributed by atoms with Gasteiger partial charge in [-0.05, 0) is 33.1 Å². The molecule has 0 bridgehead atoms. The van der Waals surface area contributed by atoms with E-state index in [0.717, 1.165) is 6.42 Å². The van der Waals surface area contributed by atoms with Crippen LogP contribution in [0.2, 0.25) is 0 Å². The molecule has 0 aromatic rings. The minimum atomic E-state index is -0.109. The Morgan fingerprint density at radius 1 is 1.23 bits per heavy atom. The van der Waals surface area contributed by atoms with Crippen molar-refractivity contribution in [2.45, 2.75) is 53.5 Å². The second-order valence-electron chi connectivity index (χ2n) is 5.27. The molecule has 0 aliphatic rings. The first-order valence-electron chi connectivity index (χ1n) is 5.04. The smallest absolute Gasteiger partial charge is 0.223 e. The molecule has 0 aliphatic heterocycles. The van der Waals surface area contributed by atoms with E-state index >= 15 is 0 Å². The summed E-state index contributed by atoms with van der Waals surface area (Å²) in [4.78, 5) is 11.6. The second-order valence-corrected chi connectivity index (χ2v) is 5.27. The number of carbonyl (C=O) groups is 1. The summed E-state index contributed by atoms with van der Waals surface area (Å²) in [6, 6.07) is 0. The van der Waals surface area contributed by atoms with E-state index in [1.54, 1.807) is 0 Å². The quantitative estimate of drug-likeness (QED) is 0.719. The van der Waals surface area contributed by atoms with Crippen LogP contribution in [-0.4, -0.2) is 11.4 Å². The minimum Gasteiger partial charge on any atom is -0.351 e. The van der Waals surface area contributed by atoms with Gasteiger partial charge in [-0.3, -0.25) is 4.79 Å². The van der Waals surface area contributed by atoms with Crippen molar-refractivity contribution in [3.8, 4) is 0 Å². The third kappa shape index (κ3) is 6.62. The predicted molar refractivity (Wildman–Crippen MR) is 56.5 cm³/mol. The Kier molecular flexibility index (Phi) is 4.45. The summed E-state index contributed by atoms with van der Waals surface area (Å²) in [6.45, 7) is 12.3. The highest BCUT2D eigenvalue weighted by molar-refractivity contribution is 5.78. The van der Waals surface area contributed by atoms with Gasteiger partial charge in [0.25, 0.3) is 0 Å². The van der Waals surface area contributed by atoms with E-state index in [1.165, 1.54) is 0 Å². The first-order valence-corrected chi connectivity index (χ1v) is 5.04. The zero-order valence-electron chi connectivity index (χ0n) is 9.77. The summed E-state index contributed by atoms with van der Waals surface area (Å²) in [5, 5.41) is 2.99. The monoisotopic (exact) mass is 185 g/mol. The molecule has 1 atom stereocenters. The molecule has 0 aromatic carbocycles. The third-order valence-electron chi connectivity index (χ3n) is 1.77. The van der Waals surface area contributed by atoms with Crippen molar-refractivity contribution < 1.29 is 4.79 Å². The normalized spacial score (nSPS) is 14.4. The summed E-state index contributed by atoms with van der Waals surface area (Å²) in [6.07, 6.45) is 0.960. The van der Waals surface area contributed by atoms with E-state index in [4.69, 9.17) is 0 Å². The predicted octanol–water partition coefficient (Wildman–Crippen LogP) is 2.58. The Bertz CT molecular complexity index is 167. The summed E-state index contributed by atoms with van der Waals surface area (Å²) in [5.41, 5.74) is -0.109. The first kappa shape index (κ1) is 12.5. The average Bonchev–Trinajstić information content (AvgIpc) is 1.81. The van der Waals surface area contributed by atoms with Gasteiger partial charge in [0.2, 0.25) is 5.91 Å². The van der Waals surface area contributed by atoms with Gasteiger partial charge in [-0.15, -0.1) is 0 Å². The average molecular weight is 185 g/mol. The molecule has 0 fully saturated rings. The molecule has 1 amide bonds. The number of nitrogens with one attached hydrogen (secondary N) is 1. The molecule has 0 saturated carbocycles. The standard InChI is InChI=1S/C11H23NO/c1-8(2)7-9(3)10(13)12-11(4,5)6/h8-9H,7H2,1-6H3,(H,12,13). The molecular formula is C11H23NO. The lowest BCUT2D eigenvalue weighted by Gasteiger charge is -2.23. The van der Waals surface area contributed by atoms with Crippen molar-refractivity contribution in [1.82, 2.24) is 5.32 Å². The van der Waals surface area contributed by atoms with Gasteiger partial charge in [0.1, 0.15) is 0 Å². The van der Waals surface area contributed by atoms with Crippen LogP contribution < -0.4 is 5.32 Å². The number of hydrogen-bond donors (Lipinski definition) is 1. The van der Waals surface area contributed by atoms with Gasteiger partial charge in [-0.25, -0.2) is 0 Å². The van der Waals surface area contributed by atoms with Crippen molar-refractivity contribution in [3.05, 3.63) is 0 Å². The van der Waals surface area contributed by atoms with Crippen LogP contribution in [0.4, 0.5) is 0 Å². The fourth-order valence-electron chi connectivity index (χ4n) is 1.31. The van der Waals surface area contributed by atoms with Gasteiger partial charge in [-0.2, -0.15) is 0 Å². The second kappa shape index (κ2) is 4.64. The van der Waals surface area contributed by atoms with E-state index < -0.39 is 0 Å². The van der Waals surface area contributed by atoms with Crippen molar-refractivity contribution in [2.75, 3.05) is 0 Å². The molecule has 13 heavy (non-hydrogen) atoms. The molecule has 0 spiro atoms. The number of rotatable bonds is 3. The molecule has 0 rings (SSSR count). The van der Waals surface area contributed by atoms with Crippen LogP contribution in [0.3, 0.4) is 0 Å². The Hall–Kier alpha value is -0.530. The van der Waals surface area contributed by atoms with E-state index in [0.29, 0.717) is 5.92 Å². The Labute approximate surface area is 82.1 Å². The van der Waals surface area contributed by atoms with E-state index in [1.807, 2.05) is 27.7 Å². The SMILES string of the molecule is CC(C)CC(C)C(=O)NC(C)(C)C. The van der Waals surface area contributed by atoms with Crippen molar-refractivity contribution in [1.29, 1.82) is 0 Å². The Morgan fingerprint density at radius 3 is 2.00 bits per heavy atom. The molecule has 78 valence electrons. The van der Waals surface area contributed by atoms with Gasteiger partial charge in [0.15, 0.2) is 0 Å². The van der Waals surface area contributed by atoms with Crippen molar-refractivity contribution in [2.24, 2.45) is 11.8 Å². The van der Waals surface area contributed by atoms with Gasteiger partial charge in [-0.1, -0.05) is 20.8 Å². The van der Waals surface area contributed by atoms with Crippen molar-refractivity contribution in [3.63, 3.8) is 0 Å². The number of amides is 1. The Balaban J connectivity index is 3.97. The lowest BCUT2D eigenvalue weighted by molar-refractivity contribution is -0.126. The summed E-state index contributed by atoms with van der Waals surface area (Å²) in [5.74, 6) is 0.876. The highest BCUT2D eigenvalue weighted by Gasteiger charge is 2.19. The van der Waals surface area contributed by atoms with Gasteiger partial charge >= 0.3 is 0 Å². The van der Waals surface area contributed by atoms with Crippen molar-refractivity contribution >= 4 is 5.91 Å². The zero-order valence-corrected chi connectivity index (χ0v) is 9.77. The van der Waals surface area contributed by atoms with E-state index in [9.17, 15) is 4.79 Å². The fourth-order valence-corrected chi connectivity index (χ4v) is 1.31. The highest BCUT2D eigenvalue weighted by Crippen LogP contribution is 2.12. The minimum absolute atomic E-state index is 0.109. The van der Waals surface area contributed by atoms with Crippen LogP contribution in [0.25, 0.3) is 0 Å². The molecule has 2 nitrogen and oxygen atoms in total. The van der Waals surface area contributed by atoms with Gasteiger partial charge in [0.05, 0.1) is 0 Å². The van der Waals surface area contributed by atoms with Crippen LogP contribution in [0.1, 0.15) is 48.0 Å². The topological polar surface area (TPSA) is 29.1 Å². The first-order chi connectivity index (χ1) is 5.72. The molecule has 1 unspecified atom stereocenters.